The molecule has 18 heavy (non-hydrogen) atoms. The molecule has 0 saturated carbocycles. The largest absolute Gasteiger partial charge is 0.492 e. The lowest BCUT2D eigenvalue weighted by atomic mass is 10.3. The molecule has 0 amide bonds. The molecule has 2 aromatic rings. The van der Waals surface area contributed by atoms with Gasteiger partial charge in [0.15, 0.2) is 0 Å². The number of hydrogen-bond acceptors (Lipinski definition) is 4. The van der Waals surface area contributed by atoms with Crippen molar-refractivity contribution in [1.82, 2.24) is 9.97 Å². The maximum absolute atomic E-state index is 5.82. The van der Waals surface area contributed by atoms with E-state index in [1.165, 1.54) is 0 Å². The third kappa shape index (κ3) is 3.11. The minimum atomic E-state index is 0.228. The van der Waals surface area contributed by atoms with E-state index in [1.807, 2.05) is 44.2 Å². The van der Waals surface area contributed by atoms with Crippen molar-refractivity contribution in [3.8, 4) is 5.75 Å². The molecule has 0 aliphatic rings. The Balaban J connectivity index is 2.27. The van der Waals surface area contributed by atoms with Crippen molar-refractivity contribution in [2.75, 3.05) is 11.9 Å². The van der Waals surface area contributed by atoms with Gasteiger partial charge in [-0.25, -0.2) is 9.97 Å². The number of aryl methyl sites for hydroxylation is 1. The fourth-order valence-electron chi connectivity index (χ4n) is 1.59. The van der Waals surface area contributed by atoms with Gasteiger partial charge in [0.2, 0.25) is 5.28 Å². The van der Waals surface area contributed by atoms with E-state index in [4.69, 9.17) is 16.3 Å². The van der Waals surface area contributed by atoms with Gasteiger partial charge in [-0.3, -0.25) is 0 Å². The number of anilines is 2. The molecule has 0 spiro atoms. The van der Waals surface area contributed by atoms with Crippen molar-refractivity contribution in [2.45, 2.75) is 13.8 Å². The predicted octanol–water partition coefficient (Wildman–Crippen LogP) is 3.58. The van der Waals surface area contributed by atoms with Crippen LogP contribution >= 0.6 is 11.6 Å². The Morgan fingerprint density at radius 1 is 1.28 bits per heavy atom. The Morgan fingerprint density at radius 2 is 2.06 bits per heavy atom. The Labute approximate surface area is 111 Å². The number of aromatic nitrogens is 2. The summed E-state index contributed by atoms with van der Waals surface area (Å²) in [5, 5.41) is 3.41. The molecule has 0 saturated heterocycles. The second-order valence-corrected chi connectivity index (χ2v) is 4.06. The molecule has 0 fully saturated rings. The van der Waals surface area contributed by atoms with Gasteiger partial charge >= 0.3 is 0 Å². The minimum absolute atomic E-state index is 0.228. The summed E-state index contributed by atoms with van der Waals surface area (Å²) < 4.78 is 5.53. The van der Waals surface area contributed by atoms with Crippen LogP contribution in [0.2, 0.25) is 5.28 Å². The molecule has 1 aromatic carbocycles. The first-order valence-electron chi connectivity index (χ1n) is 5.69. The summed E-state index contributed by atoms with van der Waals surface area (Å²) in [6, 6.07) is 9.52. The summed E-state index contributed by atoms with van der Waals surface area (Å²) in [6.45, 7) is 4.43. The molecule has 94 valence electrons. The molecule has 0 unspecified atom stereocenters. The Morgan fingerprint density at radius 3 is 2.78 bits per heavy atom. The van der Waals surface area contributed by atoms with E-state index in [1.54, 1.807) is 0 Å². The maximum Gasteiger partial charge on any atom is 0.224 e. The van der Waals surface area contributed by atoms with Crippen LogP contribution < -0.4 is 10.1 Å². The van der Waals surface area contributed by atoms with Crippen molar-refractivity contribution < 1.29 is 4.74 Å². The number of hydrogen-bond donors (Lipinski definition) is 1. The minimum Gasteiger partial charge on any atom is -0.492 e. The summed E-state index contributed by atoms with van der Waals surface area (Å²) in [7, 11) is 0. The highest BCUT2D eigenvalue weighted by atomic mass is 35.5. The van der Waals surface area contributed by atoms with Gasteiger partial charge in [0, 0.05) is 11.8 Å². The standard InChI is InChI=1S/C13H14ClN3O/c1-3-18-11-7-5-4-6-10(11)16-12-8-9(2)15-13(14)17-12/h4-8H,3H2,1-2H3,(H,15,16,17). The van der Waals surface area contributed by atoms with Crippen LogP contribution in [0.3, 0.4) is 0 Å². The molecule has 2 rings (SSSR count). The SMILES string of the molecule is CCOc1ccccc1Nc1cc(C)nc(Cl)n1. The molecule has 0 aliphatic heterocycles. The first kappa shape index (κ1) is 12.6. The normalized spacial score (nSPS) is 10.2. The van der Waals surface area contributed by atoms with E-state index < -0.39 is 0 Å². The quantitative estimate of drug-likeness (QED) is 0.857. The van der Waals surface area contributed by atoms with E-state index >= 15 is 0 Å². The molecule has 5 heteroatoms. The van der Waals surface area contributed by atoms with Crippen LogP contribution in [0, 0.1) is 6.92 Å². The number of para-hydroxylation sites is 2. The van der Waals surface area contributed by atoms with Gasteiger partial charge in [-0.15, -0.1) is 0 Å². The third-order valence-electron chi connectivity index (χ3n) is 2.28. The van der Waals surface area contributed by atoms with Gasteiger partial charge in [0.1, 0.15) is 11.6 Å². The van der Waals surface area contributed by atoms with Gasteiger partial charge in [0.25, 0.3) is 0 Å². The van der Waals surface area contributed by atoms with E-state index in [0.29, 0.717) is 12.4 Å². The first-order chi connectivity index (χ1) is 8.69. The molecule has 0 radical (unpaired) electrons. The van der Waals surface area contributed by atoms with Gasteiger partial charge in [-0.05, 0) is 37.6 Å². The Hall–Kier alpha value is -1.81. The number of nitrogens with zero attached hydrogens (tertiary/aromatic N) is 2. The Bertz CT molecular complexity index is 525. The zero-order valence-electron chi connectivity index (χ0n) is 10.3. The van der Waals surface area contributed by atoms with E-state index in [9.17, 15) is 0 Å². The zero-order valence-corrected chi connectivity index (χ0v) is 11.0. The number of nitrogens with one attached hydrogen (secondary N) is 1. The van der Waals surface area contributed by atoms with Crippen molar-refractivity contribution in [3.63, 3.8) is 0 Å². The maximum atomic E-state index is 5.82. The first-order valence-corrected chi connectivity index (χ1v) is 6.07. The lowest BCUT2D eigenvalue weighted by Gasteiger charge is -2.11. The fraction of sp³-hybridized carbons (Fsp3) is 0.231. The highest BCUT2D eigenvalue weighted by molar-refractivity contribution is 6.28. The highest BCUT2D eigenvalue weighted by Gasteiger charge is 2.05. The molecule has 0 atom stereocenters. The monoisotopic (exact) mass is 263 g/mol. The average molecular weight is 264 g/mol. The van der Waals surface area contributed by atoms with E-state index in [2.05, 4.69) is 15.3 Å². The second-order valence-electron chi connectivity index (χ2n) is 3.72. The number of benzene rings is 1. The summed E-state index contributed by atoms with van der Waals surface area (Å²) in [6.07, 6.45) is 0. The van der Waals surface area contributed by atoms with Crippen LogP contribution in [0.5, 0.6) is 5.75 Å². The number of ether oxygens (including phenoxy) is 1. The van der Waals surface area contributed by atoms with Crippen LogP contribution in [-0.2, 0) is 0 Å². The molecule has 0 bridgehead atoms. The van der Waals surface area contributed by atoms with E-state index in [0.717, 1.165) is 17.1 Å². The summed E-state index contributed by atoms with van der Waals surface area (Å²) in [5.74, 6) is 1.44. The number of halogens is 1. The lowest BCUT2D eigenvalue weighted by Crippen LogP contribution is -2.00. The van der Waals surface area contributed by atoms with Crippen molar-refractivity contribution in [1.29, 1.82) is 0 Å². The fourth-order valence-corrected chi connectivity index (χ4v) is 1.81. The van der Waals surface area contributed by atoms with Crippen LogP contribution in [0.1, 0.15) is 12.6 Å². The van der Waals surface area contributed by atoms with E-state index in [-0.39, 0.29) is 5.28 Å². The summed E-state index contributed by atoms with van der Waals surface area (Å²) in [5.41, 5.74) is 1.67. The van der Waals surface area contributed by atoms with Crippen LogP contribution in [0.15, 0.2) is 30.3 Å². The molecule has 0 aliphatic carbocycles. The van der Waals surface area contributed by atoms with Gasteiger partial charge in [-0.2, -0.15) is 0 Å². The average Bonchev–Trinajstić information content (AvgIpc) is 2.30. The highest BCUT2D eigenvalue weighted by Crippen LogP contribution is 2.27. The van der Waals surface area contributed by atoms with Crippen molar-refractivity contribution in [3.05, 3.63) is 41.3 Å². The Kier molecular flexibility index (Phi) is 3.99. The van der Waals surface area contributed by atoms with Crippen LogP contribution in [0.4, 0.5) is 11.5 Å². The molecular formula is C13H14ClN3O. The summed E-state index contributed by atoms with van der Waals surface area (Å²) >= 11 is 5.82. The predicted molar refractivity (Wildman–Crippen MR) is 72.7 cm³/mol. The molecule has 1 aromatic heterocycles. The smallest absolute Gasteiger partial charge is 0.224 e. The van der Waals surface area contributed by atoms with Crippen LogP contribution in [-0.4, -0.2) is 16.6 Å². The summed E-state index contributed by atoms with van der Waals surface area (Å²) in [4.78, 5) is 8.14. The molecule has 1 heterocycles. The molecule has 1 N–H and O–H groups in total. The van der Waals surface area contributed by atoms with Gasteiger partial charge in [-0.1, -0.05) is 12.1 Å². The van der Waals surface area contributed by atoms with Gasteiger partial charge < -0.3 is 10.1 Å². The molecular weight excluding hydrogens is 250 g/mol. The van der Waals surface area contributed by atoms with Crippen molar-refractivity contribution in [2.24, 2.45) is 0 Å². The lowest BCUT2D eigenvalue weighted by molar-refractivity contribution is 0.342. The van der Waals surface area contributed by atoms with Crippen molar-refractivity contribution >= 4 is 23.1 Å². The van der Waals surface area contributed by atoms with Gasteiger partial charge in [0.05, 0.1) is 12.3 Å². The third-order valence-corrected chi connectivity index (χ3v) is 2.45. The zero-order chi connectivity index (χ0) is 13.0. The van der Waals surface area contributed by atoms with Crippen LogP contribution in [0.25, 0.3) is 0 Å². The molecule has 4 nitrogen and oxygen atoms in total. The number of rotatable bonds is 4. The topological polar surface area (TPSA) is 47.0 Å². The second kappa shape index (κ2) is 5.69.